The van der Waals surface area contributed by atoms with Gasteiger partial charge in [0.2, 0.25) is 0 Å². The van der Waals surface area contributed by atoms with Crippen LogP contribution >= 0.6 is 0 Å². The number of carboxylic acid groups (broad SMARTS) is 1. The Kier molecular flexibility index (Phi) is 3.25. The van der Waals surface area contributed by atoms with E-state index in [0.29, 0.717) is 0 Å². The van der Waals surface area contributed by atoms with Gasteiger partial charge in [-0.2, -0.15) is 0 Å². The SMILES string of the molecule is Cc1ccc([C@H](C)[C@@H](O)C(=O)O)cc1. The summed E-state index contributed by atoms with van der Waals surface area (Å²) >= 11 is 0. The molecule has 3 heteroatoms. The normalized spacial score (nSPS) is 14.8. The molecule has 1 rings (SSSR count). The summed E-state index contributed by atoms with van der Waals surface area (Å²) in [7, 11) is 0. The van der Waals surface area contributed by atoms with Crippen molar-refractivity contribution >= 4 is 5.97 Å². The Morgan fingerprint density at radius 2 is 1.79 bits per heavy atom. The molecule has 1 aromatic rings. The van der Waals surface area contributed by atoms with E-state index in [1.165, 1.54) is 0 Å². The Balaban J connectivity index is 2.84. The molecule has 0 aliphatic heterocycles. The fraction of sp³-hybridized carbons (Fsp3) is 0.364. The fourth-order valence-electron chi connectivity index (χ4n) is 1.27. The van der Waals surface area contributed by atoms with Crippen molar-refractivity contribution in [1.82, 2.24) is 0 Å². The third-order valence-electron chi connectivity index (χ3n) is 2.33. The first-order valence-electron chi connectivity index (χ1n) is 4.50. The molecular formula is C11H14O3. The predicted molar refractivity (Wildman–Crippen MR) is 53.2 cm³/mol. The topological polar surface area (TPSA) is 57.5 Å². The minimum Gasteiger partial charge on any atom is -0.479 e. The molecule has 76 valence electrons. The van der Waals surface area contributed by atoms with Crippen LogP contribution in [0, 0.1) is 6.92 Å². The summed E-state index contributed by atoms with van der Waals surface area (Å²) in [4.78, 5) is 10.5. The summed E-state index contributed by atoms with van der Waals surface area (Å²) in [6, 6.07) is 7.49. The number of aliphatic hydroxyl groups excluding tert-OH is 1. The molecule has 2 N–H and O–H groups in total. The molecule has 0 saturated heterocycles. The molecule has 14 heavy (non-hydrogen) atoms. The minimum atomic E-state index is -1.34. The number of hydrogen-bond acceptors (Lipinski definition) is 2. The smallest absolute Gasteiger partial charge is 0.333 e. The van der Waals surface area contributed by atoms with E-state index < -0.39 is 12.1 Å². The van der Waals surface area contributed by atoms with E-state index in [9.17, 15) is 9.90 Å². The standard InChI is InChI=1S/C11H14O3/c1-7-3-5-9(6-4-7)8(2)10(12)11(13)14/h3-6,8,10,12H,1-2H3,(H,13,14)/t8-,10+/m0/s1. The summed E-state index contributed by atoms with van der Waals surface area (Å²) in [5.41, 5.74) is 1.95. The molecule has 2 atom stereocenters. The molecule has 0 aliphatic rings. The first kappa shape index (κ1) is 10.7. The van der Waals surface area contributed by atoms with Crippen LogP contribution in [0.4, 0.5) is 0 Å². The van der Waals surface area contributed by atoms with Gasteiger partial charge in [-0.25, -0.2) is 4.79 Å². The molecule has 0 radical (unpaired) electrons. The zero-order valence-electron chi connectivity index (χ0n) is 8.27. The lowest BCUT2D eigenvalue weighted by atomic mass is 9.95. The average molecular weight is 194 g/mol. The summed E-state index contributed by atoms with van der Waals surface area (Å²) in [5, 5.41) is 17.9. The monoisotopic (exact) mass is 194 g/mol. The van der Waals surface area contributed by atoms with Crippen LogP contribution in [0.15, 0.2) is 24.3 Å². The lowest BCUT2D eigenvalue weighted by molar-refractivity contribution is -0.147. The lowest BCUT2D eigenvalue weighted by Gasteiger charge is -2.15. The van der Waals surface area contributed by atoms with Crippen LogP contribution in [0.5, 0.6) is 0 Å². The van der Waals surface area contributed by atoms with Crippen molar-refractivity contribution in [2.24, 2.45) is 0 Å². The fourth-order valence-corrected chi connectivity index (χ4v) is 1.27. The molecular weight excluding hydrogens is 180 g/mol. The number of rotatable bonds is 3. The molecule has 0 bridgehead atoms. The van der Waals surface area contributed by atoms with E-state index in [-0.39, 0.29) is 5.92 Å². The van der Waals surface area contributed by atoms with Crippen molar-refractivity contribution in [3.8, 4) is 0 Å². The predicted octanol–water partition coefficient (Wildman–Crippen LogP) is 1.54. The number of hydrogen-bond donors (Lipinski definition) is 2. The number of carboxylic acids is 1. The van der Waals surface area contributed by atoms with Crippen LogP contribution in [0.25, 0.3) is 0 Å². The second-order valence-corrected chi connectivity index (χ2v) is 3.48. The van der Waals surface area contributed by atoms with Crippen molar-refractivity contribution in [2.45, 2.75) is 25.9 Å². The summed E-state index contributed by atoms with van der Waals surface area (Å²) < 4.78 is 0. The number of aliphatic hydroxyl groups is 1. The van der Waals surface area contributed by atoms with E-state index in [4.69, 9.17) is 5.11 Å². The van der Waals surface area contributed by atoms with Gasteiger partial charge in [0.15, 0.2) is 6.10 Å². The van der Waals surface area contributed by atoms with Crippen LogP contribution in [0.3, 0.4) is 0 Å². The first-order valence-corrected chi connectivity index (χ1v) is 4.50. The van der Waals surface area contributed by atoms with Gasteiger partial charge in [0.25, 0.3) is 0 Å². The molecule has 0 heterocycles. The first-order chi connectivity index (χ1) is 6.52. The number of aryl methyl sites for hydroxylation is 1. The number of benzene rings is 1. The lowest BCUT2D eigenvalue weighted by Crippen LogP contribution is -2.25. The van der Waals surface area contributed by atoms with Crippen molar-refractivity contribution < 1.29 is 15.0 Å². The molecule has 0 unspecified atom stereocenters. The Bertz CT molecular complexity index is 316. The number of carbonyl (C=O) groups is 1. The maximum Gasteiger partial charge on any atom is 0.333 e. The largest absolute Gasteiger partial charge is 0.479 e. The Morgan fingerprint density at radius 1 is 1.29 bits per heavy atom. The highest BCUT2D eigenvalue weighted by Crippen LogP contribution is 2.19. The summed E-state index contributed by atoms with van der Waals surface area (Å²) in [6.45, 7) is 3.66. The van der Waals surface area contributed by atoms with Gasteiger partial charge in [-0.1, -0.05) is 36.8 Å². The van der Waals surface area contributed by atoms with E-state index in [2.05, 4.69) is 0 Å². The third kappa shape index (κ3) is 2.33. The highest BCUT2D eigenvalue weighted by atomic mass is 16.4. The van der Waals surface area contributed by atoms with Gasteiger partial charge in [-0.15, -0.1) is 0 Å². The van der Waals surface area contributed by atoms with Crippen LogP contribution in [0.2, 0.25) is 0 Å². The molecule has 0 spiro atoms. The van der Waals surface area contributed by atoms with Crippen LogP contribution in [-0.4, -0.2) is 22.3 Å². The Hall–Kier alpha value is -1.35. The molecule has 0 amide bonds. The summed E-state index contributed by atoms with van der Waals surface area (Å²) in [5.74, 6) is -1.56. The van der Waals surface area contributed by atoms with Gasteiger partial charge in [0.1, 0.15) is 0 Å². The van der Waals surface area contributed by atoms with Gasteiger partial charge in [0.05, 0.1) is 0 Å². The van der Waals surface area contributed by atoms with Crippen molar-refractivity contribution in [2.75, 3.05) is 0 Å². The van der Waals surface area contributed by atoms with Gasteiger partial charge in [0, 0.05) is 5.92 Å². The number of aliphatic carboxylic acids is 1. The van der Waals surface area contributed by atoms with Gasteiger partial charge < -0.3 is 10.2 Å². The molecule has 3 nitrogen and oxygen atoms in total. The van der Waals surface area contributed by atoms with Crippen LogP contribution < -0.4 is 0 Å². The highest BCUT2D eigenvalue weighted by Gasteiger charge is 2.22. The molecule has 0 aromatic heterocycles. The van der Waals surface area contributed by atoms with Gasteiger partial charge >= 0.3 is 5.97 Å². The molecule has 0 saturated carbocycles. The summed E-state index contributed by atoms with van der Waals surface area (Å²) in [6.07, 6.45) is -1.34. The second-order valence-electron chi connectivity index (χ2n) is 3.48. The van der Waals surface area contributed by atoms with Gasteiger partial charge in [-0.3, -0.25) is 0 Å². The van der Waals surface area contributed by atoms with E-state index in [1.54, 1.807) is 6.92 Å². The third-order valence-corrected chi connectivity index (χ3v) is 2.33. The van der Waals surface area contributed by atoms with E-state index >= 15 is 0 Å². The maximum absolute atomic E-state index is 10.5. The van der Waals surface area contributed by atoms with Crippen molar-refractivity contribution in [3.63, 3.8) is 0 Å². The van der Waals surface area contributed by atoms with Crippen LogP contribution in [-0.2, 0) is 4.79 Å². The minimum absolute atomic E-state index is 0.381. The van der Waals surface area contributed by atoms with E-state index in [1.807, 2.05) is 31.2 Å². The quantitative estimate of drug-likeness (QED) is 0.767. The van der Waals surface area contributed by atoms with Gasteiger partial charge in [-0.05, 0) is 12.5 Å². The van der Waals surface area contributed by atoms with E-state index in [0.717, 1.165) is 11.1 Å². The molecule has 0 aliphatic carbocycles. The van der Waals surface area contributed by atoms with Crippen molar-refractivity contribution in [3.05, 3.63) is 35.4 Å². The van der Waals surface area contributed by atoms with Crippen LogP contribution in [0.1, 0.15) is 24.0 Å². The Labute approximate surface area is 83.0 Å². The average Bonchev–Trinajstić information content (AvgIpc) is 2.16. The molecule has 1 aromatic carbocycles. The molecule has 0 fully saturated rings. The highest BCUT2D eigenvalue weighted by molar-refractivity contribution is 5.73. The Morgan fingerprint density at radius 3 is 2.21 bits per heavy atom. The second kappa shape index (κ2) is 4.24. The zero-order valence-corrected chi connectivity index (χ0v) is 8.27. The zero-order chi connectivity index (χ0) is 10.7. The van der Waals surface area contributed by atoms with Crippen molar-refractivity contribution in [1.29, 1.82) is 0 Å². The maximum atomic E-state index is 10.5.